The quantitative estimate of drug-likeness (QED) is 0.436. The second kappa shape index (κ2) is 10.9. The van der Waals surface area contributed by atoms with E-state index in [0.717, 1.165) is 11.4 Å². The predicted molar refractivity (Wildman–Crippen MR) is 133 cm³/mol. The van der Waals surface area contributed by atoms with Gasteiger partial charge in [0.05, 0.1) is 37.5 Å². The summed E-state index contributed by atoms with van der Waals surface area (Å²) in [4.78, 5) is 17.2. The molecule has 196 valence electrons. The molecular weight excluding hydrogens is 498 g/mol. The molecule has 5 rings (SSSR count). The Labute approximate surface area is 215 Å². The zero-order valence-electron chi connectivity index (χ0n) is 20.6. The monoisotopic (exact) mass is 527 g/mol. The number of aromatic nitrogens is 4. The van der Waals surface area contributed by atoms with Gasteiger partial charge in [0.1, 0.15) is 5.75 Å². The van der Waals surface area contributed by atoms with E-state index >= 15 is 0 Å². The van der Waals surface area contributed by atoms with E-state index in [9.17, 15) is 13.2 Å². The smallest absolute Gasteiger partial charge is 0.253 e. The number of morpholine rings is 1. The van der Waals surface area contributed by atoms with Crippen LogP contribution in [0.4, 0.5) is 0 Å². The molecule has 0 radical (unpaired) electrons. The lowest BCUT2D eigenvalue weighted by Crippen LogP contribution is -2.48. The molecule has 1 aromatic heterocycles. The summed E-state index contributed by atoms with van der Waals surface area (Å²) in [5.74, 6) is 1.35. The van der Waals surface area contributed by atoms with E-state index in [4.69, 9.17) is 9.47 Å². The van der Waals surface area contributed by atoms with Gasteiger partial charge >= 0.3 is 0 Å². The van der Waals surface area contributed by atoms with Crippen molar-refractivity contribution in [2.24, 2.45) is 0 Å². The summed E-state index contributed by atoms with van der Waals surface area (Å²) < 4.78 is 39.2. The van der Waals surface area contributed by atoms with Gasteiger partial charge < -0.3 is 14.4 Å². The molecule has 0 spiro atoms. The van der Waals surface area contributed by atoms with Crippen LogP contribution in [0.15, 0.2) is 53.4 Å². The van der Waals surface area contributed by atoms with E-state index in [-0.39, 0.29) is 10.8 Å². The first-order chi connectivity index (χ1) is 18.0. The highest BCUT2D eigenvalue weighted by molar-refractivity contribution is 7.89. The summed E-state index contributed by atoms with van der Waals surface area (Å²) in [6, 6.07) is 13.7. The normalized spacial score (nSPS) is 17.6. The van der Waals surface area contributed by atoms with Crippen LogP contribution < -0.4 is 4.74 Å². The van der Waals surface area contributed by atoms with Gasteiger partial charge in [0.15, 0.2) is 5.82 Å². The van der Waals surface area contributed by atoms with E-state index in [1.807, 2.05) is 24.3 Å². The maximum Gasteiger partial charge on any atom is 0.253 e. The van der Waals surface area contributed by atoms with Gasteiger partial charge in [0.2, 0.25) is 10.0 Å². The van der Waals surface area contributed by atoms with Crippen molar-refractivity contribution in [3.8, 4) is 11.4 Å². The van der Waals surface area contributed by atoms with Crippen molar-refractivity contribution < 1.29 is 22.7 Å². The van der Waals surface area contributed by atoms with E-state index in [1.54, 1.807) is 28.8 Å². The third-order valence-corrected chi connectivity index (χ3v) is 8.50. The van der Waals surface area contributed by atoms with Crippen LogP contribution in [0.2, 0.25) is 0 Å². The third kappa shape index (κ3) is 5.49. The first-order valence-corrected chi connectivity index (χ1v) is 13.5. The zero-order valence-corrected chi connectivity index (χ0v) is 21.4. The van der Waals surface area contributed by atoms with Crippen LogP contribution in [-0.2, 0) is 21.3 Å². The molecule has 2 aliphatic rings. The lowest BCUT2D eigenvalue weighted by molar-refractivity contribution is 0.0624. The number of benzene rings is 2. The predicted octanol–water partition coefficient (Wildman–Crippen LogP) is 0.650. The van der Waals surface area contributed by atoms with Crippen molar-refractivity contribution in [2.45, 2.75) is 11.4 Å². The lowest BCUT2D eigenvalue weighted by Gasteiger charge is -2.34. The molecule has 2 fully saturated rings. The second-order valence-corrected chi connectivity index (χ2v) is 10.8. The van der Waals surface area contributed by atoms with Gasteiger partial charge in [-0.1, -0.05) is 0 Å². The van der Waals surface area contributed by atoms with Crippen LogP contribution in [0.3, 0.4) is 0 Å². The Morgan fingerprint density at radius 2 is 1.62 bits per heavy atom. The Hall–Kier alpha value is -3.39. The molecule has 0 aliphatic carbocycles. The number of hydrogen-bond donors (Lipinski definition) is 0. The molecule has 1 amide bonds. The number of hydrogen-bond acceptors (Lipinski definition) is 9. The van der Waals surface area contributed by atoms with Crippen molar-refractivity contribution in [3.63, 3.8) is 0 Å². The second-order valence-electron chi connectivity index (χ2n) is 8.81. The molecule has 2 saturated heterocycles. The topological polar surface area (TPSA) is 123 Å². The average Bonchev–Trinajstić information content (AvgIpc) is 3.41. The van der Waals surface area contributed by atoms with Gasteiger partial charge in [-0.05, 0) is 59.0 Å². The van der Waals surface area contributed by atoms with Gasteiger partial charge in [-0.3, -0.25) is 9.69 Å². The molecule has 12 nitrogen and oxygen atoms in total. The van der Waals surface area contributed by atoms with Gasteiger partial charge in [0, 0.05) is 44.8 Å². The van der Waals surface area contributed by atoms with Crippen LogP contribution in [0.25, 0.3) is 5.69 Å². The fourth-order valence-corrected chi connectivity index (χ4v) is 5.83. The number of rotatable bonds is 7. The summed E-state index contributed by atoms with van der Waals surface area (Å²) in [6.45, 7) is 4.44. The number of ether oxygens (including phenoxy) is 2. The van der Waals surface area contributed by atoms with Gasteiger partial charge in [-0.15, -0.1) is 5.10 Å². The fraction of sp³-hybridized carbons (Fsp3) is 0.417. The molecule has 0 bridgehead atoms. The van der Waals surface area contributed by atoms with Gasteiger partial charge in [0.25, 0.3) is 5.91 Å². The van der Waals surface area contributed by atoms with Crippen molar-refractivity contribution in [3.05, 3.63) is 59.9 Å². The number of nitrogens with zero attached hydrogens (tertiary/aromatic N) is 7. The molecule has 13 heteroatoms. The van der Waals surface area contributed by atoms with E-state index in [0.29, 0.717) is 70.4 Å². The van der Waals surface area contributed by atoms with Crippen LogP contribution in [-0.4, -0.2) is 108 Å². The molecule has 2 aromatic carbocycles. The molecule has 3 aromatic rings. The SMILES string of the molecule is COc1ccc(-n2nnnc2CN2CCN(C(=O)c3ccc(S(=O)(=O)N4CCOCC4)cc3)CC2)cc1. The Morgan fingerprint density at radius 1 is 0.946 bits per heavy atom. The minimum atomic E-state index is -3.59. The lowest BCUT2D eigenvalue weighted by atomic mass is 10.2. The highest BCUT2D eigenvalue weighted by atomic mass is 32.2. The summed E-state index contributed by atoms with van der Waals surface area (Å²) in [5.41, 5.74) is 1.31. The Bertz CT molecular complexity index is 1310. The minimum absolute atomic E-state index is 0.113. The Morgan fingerprint density at radius 3 is 2.27 bits per heavy atom. The van der Waals surface area contributed by atoms with E-state index in [1.165, 1.54) is 16.4 Å². The maximum absolute atomic E-state index is 13.1. The number of methoxy groups -OCH3 is 1. The van der Waals surface area contributed by atoms with Crippen molar-refractivity contribution in [2.75, 3.05) is 59.6 Å². The highest BCUT2D eigenvalue weighted by Gasteiger charge is 2.27. The standard InChI is InChI=1S/C24H29N7O5S/c1-35-21-6-4-20(5-7-21)31-23(25-26-27-31)18-28-10-12-29(13-11-28)24(32)19-2-8-22(9-3-19)37(33,34)30-14-16-36-17-15-30/h2-9H,10-18H2,1H3. The van der Waals surface area contributed by atoms with Crippen LogP contribution in [0.1, 0.15) is 16.2 Å². The number of tetrazole rings is 1. The number of amides is 1. The highest BCUT2D eigenvalue weighted by Crippen LogP contribution is 2.20. The fourth-order valence-electron chi connectivity index (χ4n) is 4.43. The summed E-state index contributed by atoms with van der Waals surface area (Å²) in [7, 11) is -1.97. The van der Waals surface area contributed by atoms with Crippen LogP contribution in [0.5, 0.6) is 5.75 Å². The molecule has 37 heavy (non-hydrogen) atoms. The Balaban J connectivity index is 1.17. The number of carbonyl (C=O) groups excluding carboxylic acids is 1. The minimum Gasteiger partial charge on any atom is -0.497 e. The largest absolute Gasteiger partial charge is 0.497 e. The Kier molecular flexibility index (Phi) is 7.46. The summed E-state index contributed by atoms with van der Waals surface area (Å²) in [5, 5.41) is 12.1. The summed E-state index contributed by atoms with van der Waals surface area (Å²) >= 11 is 0. The molecule has 3 heterocycles. The van der Waals surface area contributed by atoms with E-state index < -0.39 is 10.0 Å². The van der Waals surface area contributed by atoms with Crippen molar-refractivity contribution in [1.82, 2.24) is 34.3 Å². The molecule has 0 atom stereocenters. The molecule has 2 aliphatic heterocycles. The van der Waals surface area contributed by atoms with Crippen LogP contribution >= 0.6 is 0 Å². The molecular formula is C24H29N7O5S. The first kappa shape index (κ1) is 25.3. The molecule has 0 N–H and O–H groups in total. The zero-order chi connectivity index (χ0) is 25.8. The third-order valence-electron chi connectivity index (χ3n) is 6.58. The molecule has 0 unspecified atom stereocenters. The van der Waals surface area contributed by atoms with Gasteiger partial charge in [-0.25, -0.2) is 8.42 Å². The van der Waals surface area contributed by atoms with Crippen molar-refractivity contribution >= 4 is 15.9 Å². The maximum atomic E-state index is 13.1. The average molecular weight is 528 g/mol. The number of piperazine rings is 1. The van der Waals surface area contributed by atoms with Gasteiger partial charge in [-0.2, -0.15) is 8.99 Å². The van der Waals surface area contributed by atoms with Crippen LogP contribution in [0, 0.1) is 0 Å². The molecule has 0 saturated carbocycles. The summed E-state index contributed by atoms with van der Waals surface area (Å²) in [6.07, 6.45) is 0. The number of sulfonamides is 1. The number of carbonyl (C=O) groups is 1. The van der Waals surface area contributed by atoms with E-state index in [2.05, 4.69) is 20.4 Å². The first-order valence-electron chi connectivity index (χ1n) is 12.1. The van der Waals surface area contributed by atoms with Crippen molar-refractivity contribution in [1.29, 1.82) is 0 Å².